The summed E-state index contributed by atoms with van der Waals surface area (Å²) in [7, 11) is 0. The highest BCUT2D eigenvalue weighted by Crippen LogP contribution is 2.55. The fraction of sp³-hybridized carbons (Fsp3) is 0.333. The van der Waals surface area contributed by atoms with Gasteiger partial charge in [-0.15, -0.1) is 0 Å². The van der Waals surface area contributed by atoms with Gasteiger partial charge in [-0.25, -0.2) is 8.78 Å². The lowest BCUT2D eigenvalue weighted by Crippen LogP contribution is -2.50. The Balaban J connectivity index is 2.52. The summed E-state index contributed by atoms with van der Waals surface area (Å²) in [5.74, 6) is -4.96. The molecule has 210 valence electrons. The van der Waals surface area contributed by atoms with Crippen LogP contribution < -0.4 is 15.4 Å². The molecule has 0 aliphatic carbocycles. The van der Waals surface area contributed by atoms with Gasteiger partial charge in [-0.1, -0.05) is 6.07 Å². The summed E-state index contributed by atoms with van der Waals surface area (Å²) < 4.78 is 142. The molecule has 0 radical (unpaired) electrons. The fourth-order valence-electron chi connectivity index (χ4n) is 2.98. The summed E-state index contributed by atoms with van der Waals surface area (Å²) in [6.45, 7) is -2.82. The van der Waals surface area contributed by atoms with Gasteiger partial charge in [-0.2, -0.15) is 35.1 Å². The summed E-state index contributed by atoms with van der Waals surface area (Å²) in [5.41, 5.74) is -10.3. The Kier molecular flexibility index (Phi) is 9.50. The lowest BCUT2D eigenvalue weighted by Gasteiger charge is -2.31. The van der Waals surface area contributed by atoms with E-state index in [1.54, 1.807) is 0 Å². The normalized spacial score (nSPS) is 12.3. The fourth-order valence-corrected chi connectivity index (χ4v) is 3.52. The molecule has 2 N–H and O–H groups in total. The van der Waals surface area contributed by atoms with Crippen molar-refractivity contribution in [3.63, 3.8) is 0 Å². The Bertz CT molecular complexity index is 1170. The van der Waals surface area contributed by atoms with Crippen LogP contribution in [0.25, 0.3) is 0 Å². The highest BCUT2D eigenvalue weighted by Gasteiger charge is 2.73. The van der Waals surface area contributed by atoms with Gasteiger partial charge in [0.15, 0.2) is 11.6 Å². The monoisotopic (exact) mass is 628 g/mol. The second-order valence-electron chi connectivity index (χ2n) is 7.14. The van der Waals surface area contributed by atoms with Gasteiger partial charge in [-0.3, -0.25) is 9.59 Å². The lowest BCUT2D eigenvalue weighted by atomic mass is 9.93. The summed E-state index contributed by atoms with van der Waals surface area (Å²) in [4.78, 5) is 24.1. The van der Waals surface area contributed by atoms with E-state index in [4.69, 9.17) is 0 Å². The molecule has 0 aliphatic heterocycles. The number of anilines is 2. The van der Waals surface area contributed by atoms with Gasteiger partial charge in [0, 0.05) is 10.0 Å². The smallest absolute Gasteiger partial charge is 0.435 e. The Morgan fingerprint density at radius 1 is 1.03 bits per heavy atom. The number of esters is 1. The van der Waals surface area contributed by atoms with Gasteiger partial charge >= 0.3 is 30.6 Å². The quantitative estimate of drug-likeness (QED) is 0.239. The number of nitrogens with one attached hydrogen (secondary N) is 2. The number of carbonyl (C=O) groups is 2. The van der Waals surface area contributed by atoms with Crippen molar-refractivity contribution in [2.75, 3.05) is 23.8 Å². The van der Waals surface area contributed by atoms with Crippen LogP contribution in [0.1, 0.15) is 22.8 Å². The van der Waals surface area contributed by atoms with Gasteiger partial charge in [0.05, 0.1) is 23.5 Å². The van der Waals surface area contributed by atoms with Gasteiger partial charge in [-0.05, 0) is 47.1 Å². The van der Waals surface area contributed by atoms with Crippen LogP contribution in [0.5, 0.6) is 5.75 Å². The van der Waals surface area contributed by atoms with Crippen molar-refractivity contribution in [3.8, 4) is 5.75 Å². The summed E-state index contributed by atoms with van der Waals surface area (Å²) in [5, 5.41) is 4.16. The number of alkyl halides is 9. The number of amides is 1. The van der Waals surface area contributed by atoms with Crippen LogP contribution in [0, 0.1) is 5.82 Å². The first kappa shape index (κ1) is 31.0. The molecule has 0 aliphatic rings. The predicted molar refractivity (Wildman–Crippen MR) is 115 cm³/mol. The molecule has 6 nitrogen and oxygen atoms in total. The Morgan fingerprint density at radius 3 is 2.16 bits per heavy atom. The van der Waals surface area contributed by atoms with E-state index in [2.05, 4.69) is 30.7 Å². The predicted octanol–water partition coefficient (Wildman–Crippen LogP) is 6.71. The highest BCUT2D eigenvalue weighted by molar-refractivity contribution is 9.10. The Morgan fingerprint density at radius 2 is 1.63 bits per heavy atom. The highest BCUT2D eigenvalue weighted by atomic mass is 79.9. The third-order valence-electron chi connectivity index (χ3n) is 4.66. The number of ether oxygens (including phenoxy) is 2. The van der Waals surface area contributed by atoms with Crippen molar-refractivity contribution >= 4 is 39.2 Å². The summed E-state index contributed by atoms with van der Waals surface area (Å²) >= 11 is 2.50. The molecule has 0 aromatic heterocycles. The van der Waals surface area contributed by atoms with E-state index in [1.807, 2.05) is 5.32 Å². The van der Waals surface area contributed by atoms with Crippen LogP contribution in [-0.2, 0) is 15.2 Å². The van der Waals surface area contributed by atoms with Gasteiger partial charge < -0.3 is 20.1 Å². The molecule has 1 amide bonds. The van der Waals surface area contributed by atoms with Crippen molar-refractivity contribution in [1.29, 1.82) is 0 Å². The van der Waals surface area contributed by atoms with Crippen LogP contribution in [0.15, 0.2) is 34.8 Å². The van der Waals surface area contributed by atoms with Crippen LogP contribution in [0.2, 0.25) is 0 Å². The molecule has 0 spiro atoms. The first-order valence-corrected chi connectivity index (χ1v) is 10.8. The molecule has 0 unspecified atom stereocenters. The van der Waals surface area contributed by atoms with Gasteiger partial charge in [0.1, 0.15) is 6.54 Å². The van der Waals surface area contributed by atoms with E-state index in [9.17, 15) is 53.5 Å². The minimum atomic E-state index is -6.57. The van der Waals surface area contributed by atoms with Crippen molar-refractivity contribution < 1.29 is 63.0 Å². The molecule has 17 heteroatoms. The van der Waals surface area contributed by atoms with Gasteiger partial charge in [0.25, 0.3) is 5.91 Å². The zero-order chi connectivity index (χ0) is 29.1. The molecule has 2 aromatic carbocycles. The molecule has 0 saturated carbocycles. The molecule has 0 heterocycles. The largest absolute Gasteiger partial charge is 0.465 e. The average Bonchev–Trinajstić information content (AvgIpc) is 2.78. The second kappa shape index (κ2) is 11.7. The van der Waals surface area contributed by atoms with E-state index in [1.165, 1.54) is 6.92 Å². The third-order valence-corrected chi connectivity index (χ3v) is 5.28. The zero-order valence-electron chi connectivity index (χ0n) is 18.7. The molecule has 38 heavy (non-hydrogen) atoms. The van der Waals surface area contributed by atoms with E-state index >= 15 is 0 Å². The second-order valence-corrected chi connectivity index (χ2v) is 8.00. The van der Waals surface area contributed by atoms with E-state index in [-0.39, 0.29) is 24.4 Å². The maximum Gasteiger partial charge on any atom is 0.435 e. The number of benzene rings is 2. The van der Waals surface area contributed by atoms with Crippen molar-refractivity contribution in [2.24, 2.45) is 0 Å². The number of rotatable bonds is 9. The lowest BCUT2D eigenvalue weighted by molar-refractivity contribution is -0.348. The average molecular weight is 629 g/mol. The van der Waals surface area contributed by atoms with Crippen molar-refractivity contribution in [2.45, 2.75) is 31.6 Å². The number of halogens is 11. The van der Waals surface area contributed by atoms with Crippen LogP contribution >= 0.6 is 15.9 Å². The third kappa shape index (κ3) is 6.60. The Labute approximate surface area is 215 Å². The molecular weight excluding hydrogens is 614 g/mol. The van der Waals surface area contributed by atoms with Crippen molar-refractivity contribution in [3.05, 3.63) is 51.7 Å². The number of carbonyl (C=O) groups excluding carboxylic acids is 2. The first-order chi connectivity index (χ1) is 17.4. The minimum Gasteiger partial charge on any atom is -0.465 e. The number of hydrogen-bond acceptors (Lipinski definition) is 5. The van der Waals surface area contributed by atoms with E-state index in [0.29, 0.717) is 0 Å². The Hall–Kier alpha value is -3.24. The summed E-state index contributed by atoms with van der Waals surface area (Å²) in [6, 6.07) is 2.75. The zero-order valence-corrected chi connectivity index (χ0v) is 20.3. The standard InChI is InChI=1S/C21H15BrF10N2O4/c1-2-37-14(35)8-33-12-5-3-4-10(15(12)23)17(36)34-16-11(22)6-9(7-13(16)38-18(24)25)19(26,20(27,28)29)21(30,31)32/h3-7,18,33H,2,8H2,1H3,(H,34,36). The van der Waals surface area contributed by atoms with Crippen LogP contribution in [0.4, 0.5) is 55.3 Å². The molecule has 0 atom stereocenters. The van der Waals surface area contributed by atoms with E-state index in [0.717, 1.165) is 18.2 Å². The SMILES string of the molecule is CCOC(=O)CNc1cccc(C(=O)Nc2c(Br)cc(C(F)(C(F)(F)F)C(F)(F)F)cc2OC(F)F)c1F. The van der Waals surface area contributed by atoms with Gasteiger partial charge in [0.2, 0.25) is 0 Å². The molecule has 0 fully saturated rings. The topological polar surface area (TPSA) is 76.7 Å². The number of hydrogen-bond donors (Lipinski definition) is 2. The van der Waals surface area contributed by atoms with E-state index < -0.39 is 75.9 Å². The van der Waals surface area contributed by atoms with Crippen molar-refractivity contribution in [1.82, 2.24) is 0 Å². The molecule has 0 bridgehead atoms. The molecule has 2 rings (SSSR count). The van der Waals surface area contributed by atoms with Crippen LogP contribution in [0.3, 0.4) is 0 Å². The first-order valence-electron chi connectivity index (χ1n) is 10.0. The molecule has 0 saturated heterocycles. The maximum absolute atomic E-state index is 14.8. The molecule has 2 aromatic rings. The van der Waals surface area contributed by atoms with Crippen LogP contribution in [-0.4, -0.2) is 44.0 Å². The maximum atomic E-state index is 14.8. The summed E-state index contributed by atoms with van der Waals surface area (Å²) in [6.07, 6.45) is -13.1. The molecular formula is C21H15BrF10N2O4. The minimum absolute atomic E-state index is 0.0254.